The molecule has 1 heterocycles. The van der Waals surface area contributed by atoms with Gasteiger partial charge >= 0.3 is 0 Å². The Morgan fingerprint density at radius 2 is 1.44 bits per heavy atom. The van der Waals surface area contributed by atoms with Crippen LogP contribution in [-0.2, 0) is 21.5 Å². The van der Waals surface area contributed by atoms with E-state index in [1.165, 1.54) is 10.5 Å². The molecular formula is C27H25ClN2O2. The van der Waals surface area contributed by atoms with Gasteiger partial charge in [-0.3, -0.25) is 14.5 Å². The molecule has 0 atom stereocenters. The fraction of sp³-hybridized carbons (Fsp3) is 0.185. The van der Waals surface area contributed by atoms with Gasteiger partial charge in [0.1, 0.15) is 5.70 Å². The summed E-state index contributed by atoms with van der Waals surface area (Å²) in [6, 6.07) is 24.4. The lowest BCUT2D eigenvalue weighted by molar-refractivity contribution is -0.137. The third-order valence-corrected chi connectivity index (χ3v) is 5.91. The van der Waals surface area contributed by atoms with Crippen molar-refractivity contribution in [2.24, 2.45) is 0 Å². The van der Waals surface area contributed by atoms with E-state index in [0.717, 1.165) is 11.3 Å². The van der Waals surface area contributed by atoms with Crippen LogP contribution in [0.1, 0.15) is 37.5 Å². The molecule has 1 N–H and O–H groups in total. The highest BCUT2D eigenvalue weighted by molar-refractivity contribution is 6.36. The summed E-state index contributed by atoms with van der Waals surface area (Å²) in [5.41, 5.74) is 4.02. The molecule has 0 aliphatic carbocycles. The van der Waals surface area contributed by atoms with Gasteiger partial charge in [0.15, 0.2) is 0 Å². The number of anilines is 1. The van der Waals surface area contributed by atoms with E-state index >= 15 is 0 Å². The van der Waals surface area contributed by atoms with Crippen LogP contribution in [0.25, 0.3) is 5.57 Å². The molecule has 4 nitrogen and oxygen atoms in total. The molecule has 0 saturated carbocycles. The van der Waals surface area contributed by atoms with Gasteiger partial charge in [-0.2, -0.15) is 0 Å². The summed E-state index contributed by atoms with van der Waals surface area (Å²) in [5, 5.41) is 3.74. The molecule has 32 heavy (non-hydrogen) atoms. The number of hydrogen-bond acceptors (Lipinski definition) is 3. The topological polar surface area (TPSA) is 49.4 Å². The van der Waals surface area contributed by atoms with Crippen LogP contribution in [0.5, 0.6) is 0 Å². The Hall–Kier alpha value is -3.37. The van der Waals surface area contributed by atoms with Gasteiger partial charge in [0, 0.05) is 10.7 Å². The average molecular weight is 445 g/mol. The average Bonchev–Trinajstić information content (AvgIpc) is 3.00. The van der Waals surface area contributed by atoms with Crippen LogP contribution >= 0.6 is 11.6 Å². The molecule has 0 bridgehead atoms. The number of nitrogens with zero attached hydrogens (tertiary/aromatic N) is 1. The number of hydrogen-bond donors (Lipinski definition) is 1. The van der Waals surface area contributed by atoms with E-state index < -0.39 is 0 Å². The monoisotopic (exact) mass is 444 g/mol. The van der Waals surface area contributed by atoms with E-state index in [0.29, 0.717) is 16.2 Å². The van der Waals surface area contributed by atoms with Gasteiger partial charge in [0.2, 0.25) is 0 Å². The highest BCUT2D eigenvalue weighted by atomic mass is 35.5. The Labute approximate surface area is 193 Å². The molecule has 4 rings (SSSR count). The summed E-state index contributed by atoms with van der Waals surface area (Å²) >= 11 is 6.29. The van der Waals surface area contributed by atoms with Crippen LogP contribution in [0.4, 0.5) is 5.69 Å². The first-order chi connectivity index (χ1) is 15.3. The second-order valence-electron chi connectivity index (χ2n) is 8.86. The smallest absolute Gasteiger partial charge is 0.278 e. The number of nitrogens with one attached hydrogen (secondary N) is 1. The van der Waals surface area contributed by atoms with Crippen LogP contribution in [0.2, 0.25) is 5.02 Å². The fourth-order valence-corrected chi connectivity index (χ4v) is 3.90. The number of halogens is 1. The van der Waals surface area contributed by atoms with Crippen molar-refractivity contribution < 1.29 is 9.59 Å². The van der Waals surface area contributed by atoms with E-state index in [4.69, 9.17) is 11.6 Å². The molecule has 3 aromatic rings. The van der Waals surface area contributed by atoms with Crippen LogP contribution in [0, 0.1) is 0 Å². The lowest BCUT2D eigenvalue weighted by Gasteiger charge is -2.19. The summed E-state index contributed by atoms with van der Waals surface area (Å²) in [6.07, 6.45) is 0. The molecule has 0 fully saturated rings. The molecule has 0 aromatic heterocycles. The van der Waals surface area contributed by atoms with Crippen molar-refractivity contribution in [2.45, 2.75) is 32.7 Å². The quantitative estimate of drug-likeness (QED) is 0.489. The maximum atomic E-state index is 13.4. The Morgan fingerprint density at radius 1 is 0.812 bits per heavy atom. The minimum atomic E-state index is -0.367. The summed E-state index contributed by atoms with van der Waals surface area (Å²) < 4.78 is 0. The maximum Gasteiger partial charge on any atom is 0.278 e. The largest absolute Gasteiger partial charge is 0.350 e. The van der Waals surface area contributed by atoms with Gasteiger partial charge in [-0.15, -0.1) is 0 Å². The van der Waals surface area contributed by atoms with Gasteiger partial charge in [0.05, 0.1) is 12.1 Å². The molecule has 162 valence electrons. The van der Waals surface area contributed by atoms with Crippen molar-refractivity contribution in [3.8, 4) is 0 Å². The number of imide groups is 1. The van der Waals surface area contributed by atoms with Gasteiger partial charge in [-0.05, 0) is 40.3 Å². The molecule has 1 aliphatic rings. The summed E-state index contributed by atoms with van der Waals surface area (Å²) in [7, 11) is 0. The van der Waals surface area contributed by atoms with Crippen molar-refractivity contribution in [2.75, 3.05) is 5.32 Å². The first-order valence-electron chi connectivity index (χ1n) is 10.5. The number of amides is 2. The highest BCUT2D eigenvalue weighted by Gasteiger charge is 2.39. The number of rotatable bonds is 5. The zero-order chi connectivity index (χ0) is 22.9. The third kappa shape index (κ3) is 4.32. The normalized spacial score (nSPS) is 14.3. The van der Waals surface area contributed by atoms with Gasteiger partial charge in [0.25, 0.3) is 11.8 Å². The third-order valence-electron chi connectivity index (χ3n) is 5.54. The second-order valence-corrected chi connectivity index (χ2v) is 9.26. The minimum Gasteiger partial charge on any atom is -0.350 e. The predicted octanol–water partition coefficient (Wildman–Crippen LogP) is 6.03. The Bertz CT molecular complexity index is 1190. The first kappa shape index (κ1) is 21.8. The number of carbonyl (C=O) groups excluding carboxylic acids is 2. The van der Waals surface area contributed by atoms with E-state index in [1.807, 2.05) is 72.8 Å². The van der Waals surface area contributed by atoms with Crippen LogP contribution in [0.15, 0.2) is 84.6 Å². The Morgan fingerprint density at radius 3 is 2.06 bits per heavy atom. The summed E-state index contributed by atoms with van der Waals surface area (Å²) in [5.74, 6) is -0.705. The summed E-state index contributed by atoms with van der Waals surface area (Å²) in [6.45, 7) is 6.56. The lowest BCUT2D eigenvalue weighted by Crippen LogP contribution is -2.32. The zero-order valence-electron chi connectivity index (χ0n) is 18.4. The molecular weight excluding hydrogens is 420 g/mol. The van der Waals surface area contributed by atoms with E-state index in [9.17, 15) is 9.59 Å². The van der Waals surface area contributed by atoms with Crippen LogP contribution in [0.3, 0.4) is 0 Å². The lowest BCUT2D eigenvalue weighted by atomic mass is 9.87. The standard InChI is InChI=1S/C27H25ClN2O2/c1-27(2,3)20-13-15-21(16-14-20)29-24-23(18-9-5-4-6-10-18)25(31)30(26(24)32)17-19-11-7-8-12-22(19)28/h4-16,29H,17H2,1-3H3. The van der Waals surface area contributed by atoms with Crippen molar-refractivity contribution in [3.63, 3.8) is 0 Å². The molecule has 1 aliphatic heterocycles. The summed E-state index contributed by atoms with van der Waals surface area (Å²) in [4.78, 5) is 28.0. The Kier molecular flexibility index (Phi) is 5.90. The molecule has 0 radical (unpaired) electrons. The van der Waals surface area contributed by atoms with E-state index in [-0.39, 0.29) is 29.5 Å². The van der Waals surface area contributed by atoms with Crippen molar-refractivity contribution >= 4 is 34.7 Å². The van der Waals surface area contributed by atoms with E-state index in [2.05, 4.69) is 26.1 Å². The van der Waals surface area contributed by atoms with Crippen molar-refractivity contribution in [3.05, 3.63) is 106 Å². The molecule has 0 unspecified atom stereocenters. The fourth-order valence-electron chi connectivity index (χ4n) is 3.70. The van der Waals surface area contributed by atoms with Gasteiger partial charge in [-0.1, -0.05) is 93.0 Å². The SMILES string of the molecule is CC(C)(C)c1ccc(NC2=C(c3ccccc3)C(=O)N(Cc3ccccc3Cl)C2=O)cc1. The number of carbonyl (C=O) groups is 2. The maximum absolute atomic E-state index is 13.4. The Balaban J connectivity index is 1.71. The number of benzene rings is 3. The zero-order valence-corrected chi connectivity index (χ0v) is 19.1. The van der Waals surface area contributed by atoms with E-state index in [1.54, 1.807) is 6.07 Å². The second kappa shape index (κ2) is 8.64. The highest BCUT2D eigenvalue weighted by Crippen LogP contribution is 2.33. The van der Waals surface area contributed by atoms with Gasteiger partial charge < -0.3 is 5.32 Å². The molecule has 3 aromatic carbocycles. The molecule has 0 spiro atoms. The predicted molar refractivity (Wildman–Crippen MR) is 129 cm³/mol. The van der Waals surface area contributed by atoms with Crippen LogP contribution in [-0.4, -0.2) is 16.7 Å². The van der Waals surface area contributed by atoms with Crippen molar-refractivity contribution in [1.82, 2.24) is 4.90 Å². The molecule has 2 amide bonds. The first-order valence-corrected chi connectivity index (χ1v) is 10.9. The molecule has 5 heteroatoms. The minimum absolute atomic E-state index is 0.0257. The van der Waals surface area contributed by atoms with Crippen LogP contribution < -0.4 is 5.32 Å². The molecule has 0 saturated heterocycles. The van der Waals surface area contributed by atoms with Gasteiger partial charge in [-0.25, -0.2) is 0 Å². The van der Waals surface area contributed by atoms with Crippen molar-refractivity contribution in [1.29, 1.82) is 0 Å².